The van der Waals surface area contributed by atoms with Crippen molar-refractivity contribution >= 4 is 34.8 Å². The smallest absolute Gasteiger partial charge is 0.324 e. The van der Waals surface area contributed by atoms with E-state index in [4.69, 9.17) is 21.3 Å². The average Bonchev–Trinajstić information content (AvgIpc) is 2.93. The van der Waals surface area contributed by atoms with Crippen LogP contribution in [0.1, 0.15) is 55.6 Å². The molecule has 12 nitrogen and oxygen atoms in total. The Balaban J connectivity index is 1.74. The molecule has 3 rings (SSSR count). The molecule has 13 heteroatoms. The number of para-hydroxylation sites is 2. The van der Waals surface area contributed by atoms with Gasteiger partial charge in [-0.05, 0) is 69.4 Å². The Morgan fingerprint density at radius 1 is 1.09 bits per heavy atom. The second-order valence-corrected chi connectivity index (χ2v) is 11.0. The first-order chi connectivity index (χ1) is 20.2. The van der Waals surface area contributed by atoms with Crippen molar-refractivity contribution in [2.75, 3.05) is 0 Å². The lowest BCUT2D eigenvalue weighted by Crippen LogP contribution is -2.47. The number of carboxylic acid groups (broad SMARTS) is 1. The molecule has 1 heterocycles. The number of aliphatic hydroxyl groups excluding tert-OH is 1. The molecule has 0 unspecified atom stereocenters. The van der Waals surface area contributed by atoms with E-state index in [-0.39, 0.29) is 31.4 Å². The van der Waals surface area contributed by atoms with Gasteiger partial charge in [0.25, 0.3) is 5.91 Å². The van der Waals surface area contributed by atoms with Gasteiger partial charge in [0.2, 0.25) is 5.91 Å². The molecule has 0 saturated carbocycles. The predicted molar refractivity (Wildman–Crippen MR) is 154 cm³/mol. The highest BCUT2D eigenvalue weighted by Gasteiger charge is 2.32. The lowest BCUT2D eigenvalue weighted by molar-refractivity contribution is -0.161. The van der Waals surface area contributed by atoms with Gasteiger partial charge < -0.3 is 31.7 Å². The lowest BCUT2D eigenvalue weighted by atomic mass is 9.87. The van der Waals surface area contributed by atoms with E-state index in [0.29, 0.717) is 16.6 Å². The third-order valence-corrected chi connectivity index (χ3v) is 6.90. The number of rotatable bonds is 15. The highest BCUT2D eigenvalue weighted by molar-refractivity contribution is 5.94. The number of fused-ring (bicyclic) bond motifs is 1. The molecule has 0 fully saturated rings. The van der Waals surface area contributed by atoms with Crippen molar-refractivity contribution in [3.05, 3.63) is 71.8 Å². The van der Waals surface area contributed by atoms with Crippen molar-refractivity contribution < 1.29 is 38.5 Å². The number of nitrogens with one attached hydrogen (secondary N) is 1. The van der Waals surface area contributed by atoms with Crippen LogP contribution in [0.4, 0.5) is 4.39 Å². The number of carbonyl (C=O) groups excluding carboxylic acids is 3. The van der Waals surface area contributed by atoms with Gasteiger partial charge in [-0.1, -0.05) is 24.3 Å². The first kappa shape index (κ1) is 33.0. The van der Waals surface area contributed by atoms with E-state index in [0.717, 1.165) is 0 Å². The van der Waals surface area contributed by atoms with Crippen LogP contribution < -0.4 is 16.8 Å². The van der Waals surface area contributed by atoms with Crippen molar-refractivity contribution in [2.45, 2.75) is 69.7 Å². The summed E-state index contributed by atoms with van der Waals surface area (Å²) in [6.07, 6.45) is -0.504. The summed E-state index contributed by atoms with van der Waals surface area (Å²) in [7, 11) is 0. The molecule has 0 spiro atoms. The van der Waals surface area contributed by atoms with Crippen molar-refractivity contribution in [2.24, 2.45) is 17.4 Å². The van der Waals surface area contributed by atoms with E-state index < -0.39 is 65.7 Å². The SMILES string of the molecule is CC(C)(CC[C@H](C[C@H](O)[C@H](Cc1cccc(F)c1)NC(=O)c1cnc2ccccc2n1)C(N)=O)OC(=O)[C@@H](N)CC(=O)O. The zero-order chi connectivity index (χ0) is 31.7. The second-order valence-electron chi connectivity index (χ2n) is 11.0. The molecule has 2 aromatic carbocycles. The molecule has 0 aliphatic heterocycles. The fraction of sp³-hybridized carbons (Fsp3) is 0.400. The number of amides is 2. The standard InChI is InChI=1S/C30H36FN5O7/c1-30(2,43-29(42)20(32)15-26(38)39)11-10-18(27(33)40)14-25(37)23(13-17-6-5-7-19(31)12-17)36-28(41)24-16-34-21-8-3-4-9-22(21)35-24/h3-9,12,16,18,20,23,25,37H,10-11,13-15,32H2,1-2H3,(H2,33,40)(H,36,41)(H,38,39)/t18-,20+,23+,25+/m1/s1. The van der Waals surface area contributed by atoms with Crippen LogP contribution in [0.3, 0.4) is 0 Å². The van der Waals surface area contributed by atoms with Crippen molar-refractivity contribution in [1.82, 2.24) is 15.3 Å². The number of carboxylic acids is 1. The van der Waals surface area contributed by atoms with E-state index in [1.807, 2.05) is 0 Å². The summed E-state index contributed by atoms with van der Waals surface area (Å²) < 4.78 is 19.3. The molecule has 0 aliphatic carbocycles. The maximum Gasteiger partial charge on any atom is 0.324 e. The molecule has 230 valence electrons. The van der Waals surface area contributed by atoms with Crippen molar-refractivity contribution in [3.63, 3.8) is 0 Å². The Hall–Kier alpha value is -4.49. The topological polar surface area (TPSA) is 208 Å². The Kier molecular flexibility index (Phi) is 11.2. The number of carbonyl (C=O) groups is 4. The van der Waals surface area contributed by atoms with Crippen LogP contribution in [-0.4, -0.2) is 67.7 Å². The molecule has 1 aromatic heterocycles. The number of aliphatic hydroxyl groups is 1. The Bertz CT molecular complexity index is 1470. The molecule has 7 N–H and O–H groups in total. The molecule has 4 atom stereocenters. The normalized spacial score (nSPS) is 14.3. The predicted octanol–water partition coefficient (Wildman–Crippen LogP) is 1.87. The third-order valence-electron chi connectivity index (χ3n) is 6.90. The molecule has 2 amide bonds. The number of nitrogens with two attached hydrogens (primary N) is 2. The molecule has 0 aliphatic rings. The van der Waals surface area contributed by atoms with Gasteiger partial charge in [-0.25, -0.2) is 9.37 Å². The van der Waals surface area contributed by atoms with Crippen LogP contribution in [0.25, 0.3) is 11.0 Å². The Morgan fingerprint density at radius 2 is 1.79 bits per heavy atom. The minimum atomic E-state index is -1.36. The van der Waals surface area contributed by atoms with Gasteiger partial charge in [-0.3, -0.25) is 24.2 Å². The molecular formula is C30H36FN5O7. The summed E-state index contributed by atoms with van der Waals surface area (Å²) >= 11 is 0. The lowest BCUT2D eigenvalue weighted by Gasteiger charge is -2.30. The number of halogens is 1. The highest BCUT2D eigenvalue weighted by Crippen LogP contribution is 2.25. The van der Waals surface area contributed by atoms with Crippen LogP contribution >= 0.6 is 0 Å². The quantitative estimate of drug-likeness (QED) is 0.161. The summed E-state index contributed by atoms with van der Waals surface area (Å²) in [5.41, 5.74) is 11.7. The molecule has 0 saturated heterocycles. The van der Waals surface area contributed by atoms with Crippen molar-refractivity contribution in [1.29, 1.82) is 0 Å². The number of hydrogen-bond acceptors (Lipinski definition) is 9. The molecule has 0 radical (unpaired) electrons. The van der Waals surface area contributed by atoms with Gasteiger partial charge in [0.1, 0.15) is 23.2 Å². The zero-order valence-electron chi connectivity index (χ0n) is 23.9. The highest BCUT2D eigenvalue weighted by atomic mass is 19.1. The summed E-state index contributed by atoms with van der Waals surface area (Å²) in [6.45, 7) is 3.15. The van der Waals surface area contributed by atoms with Crippen LogP contribution in [0.5, 0.6) is 0 Å². The van der Waals surface area contributed by atoms with E-state index in [1.54, 1.807) is 44.2 Å². The number of aromatic nitrogens is 2. The number of ether oxygens (including phenoxy) is 1. The van der Waals surface area contributed by atoms with E-state index in [1.165, 1.54) is 24.4 Å². The zero-order valence-corrected chi connectivity index (χ0v) is 23.9. The van der Waals surface area contributed by atoms with Gasteiger partial charge in [0.15, 0.2) is 0 Å². The molecule has 43 heavy (non-hydrogen) atoms. The van der Waals surface area contributed by atoms with E-state index >= 15 is 0 Å². The van der Waals surface area contributed by atoms with Crippen LogP contribution in [0.15, 0.2) is 54.7 Å². The van der Waals surface area contributed by atoms with Gasteiger partial charge in [0, 0.05) is 5.92 Å². The van der Waals surface area contributed by atoms with Gasteiger partial charge >= 0.3 is 11.9 Å². The first-order valence-corrected chi connectivity index (χ1v) is 13.7. The number of benzene rings is 2. The van der Waals surface area contributed by atoms with Gasteiger partial charge in [0.05, 0.1) is 35.8 Å². The number of aliphatic carboxylic acids is 1. The van der Waals surface area contributed by atoms with Gasteiger partial charge in [-0.2, -0.15) is 0 Å². The summed E-state index contributed by atoms with van der Waals surface area (Å²) in [5, 5.41) is 22.8. The monoisotopic (exact) mass is 597 g/mol. The first-order valence-electron chi connectivity index (χ1n) is 13.7. The number of nitrogens with zero attached hydrogens (tertiary/aromatic N) is 2. The van der Waals surface area contributed by atoms with Crippen LogP contribution in [-0.2, 0) is 25.5 Å². The maximum absolute atomic E-state index is 13.9. The Labute approximate surface area is 247 Å². The number of hydrogen-bond donors (Lipinski definition) is 5. The van der Waals surface area contributed by atoms with Gasteiger partial charge in [-0.15, -0.1) is 0 Å². The second kappa shape index (κ2) is 14.6. The number of esters is 1. The summed E-state index contributed by atoms with van der Waals surface area (Å²) in [4.78, 5) is 57.2. The minimum Gasteiger partial charge on any atom is -0.481 e. The molecular weight excluding hydrogens is 561 g/mol. The minimum absolute atomic E-state index is 0.00580. The fourth-order valence-electron chi connectivity index (χ4n) is 4.53. The fourth-order valence-corrected chi connectivity index (χ4v) is 4.53. The van der Waals surface area contributed by atoms with Crippen LogP contribution in [0, 0.1) is 11.7 Å². The summed E-state index contributed by atoms with van der Waals surface area (Å²) in [6, 6.07) is 10.4. The van der Waals surface area contributed by atoms with E-state index in [9.17, 15) is 28.7 Å². The third kappa shape index (κ3) is 10.1. The number of primary amides is 1. The largest absolute Gasteiger partial charge is 0.481 e. The molecule has 3 aromatic rings. The summed E-state index contributed by atoms with van der Waals surface area (Å²) in [5.74, 6) is -4.89. The van der Waals surface area contributed by atoms with Crippen molar-refractivity contribution in [3.8, 4) is 0 Å². The molecule has 0 bridgehead atoms. The maximum atomic E-state index is 13.9. The Morgan fingerprint density at radius 3 is 2.44 bits per heavy atom. The van der Waals surface area contributed by atoms with E-state index in [2.05, 4.69) is 15.3 Å². The van der Waals surface area contributed by atoms with Crippen LogP contribution in [0.2, 0.25) is 0 Å². The average molecular weight is 598 g/mol.